The first kappa shape index (κ1) is 18.4. The number of ketones is 1. The van der Waals surface area contributed by atoms with Crippen molar-refractivity contribution in [2.75, 3.05) is 5.32 Å². The molecule has 1 atom stereocenters. The Labute approximate surface area is 148 Å². The van der Waals surface area contributed by atoms with Crippen molar-refractivity contribution in [2.24, 2.45) is 5.92 Å². The fourth-order valence-electron chi connectivity index (χ4n) is 2.39. The van der Waals surface area contributed by atoms with Crippen LogP contribution >= 0.6 is 0 Å². The first-order valence-corrected chi connectivity index (χ1v) is 8.14. The second kappa shape index (κ2) is 7.31. The molecule has 2 aromatic rings. The zero-order chi connectivity index (χ0) is 18.6. The van der Waals surface area contributed by atoms with Crippen LogP contribution in [0.15, 0.2) is 48.5 Å². The monoisotopic (exact) mass is 334 g/mol. The molecule has 4 heteroatoms. The summed E-state index contributed by atoms with van der Waals surface area (Å²) < 4.78 is 0. The highest BCUT2D eigenvalue weighted by molar-refractivity contribution is 6.15. The molecule has 0 heterocycles. The van der Waals surface area contributed by atoms with Crippen LogP contribution in [0, 0.1) is 24.2 Å². The van der Waals surface area contributed by atoms with Gasteiger partial charge in [0.05, 0.1) is 6.07 Å². The fourth-order valence-corrected chi connectivity index (χ4v) is 2.39. The van der Waals surface area contributed by atoms with Crippen LogP contribution < -0.4 is 5.32 Å². The van der Waals surface area contributed by atoms with Gasteiger partial charge in [-0.05, 0) is 30.0 Å². The molecule has 1 N–H and O–H groups in total. The molecule has 2 rings (SSSR count). The molecule has 0 saturated carbocycles. The topological polar surface area (TPSA) is 70.0 Å². The maximum atomic E-state index is 12.5. The van der Waals surface area contributed by atoms with E-state index in [1.165, 1.54) is 0 Å². The average molecular weight is 334 g/mol. The van der Waals surface area contributed by atoms with Crippen LogP contribution in [0.4, 0.5) is 5.69 Å². The number of hydrogen-bond acceptors (Lipinski definition) is 3. The van der Waals surface area contributed by atoms with Gasteiger partial charge >= 0.3 is 0 Å². The van der Waals surface area contributed by atoms with Crippen LogP contribution in [0.3, 0.4) is 0 Å². The van der Waals surface area contributed by atoms with Crippen molar-refractivity contribution in [3.8, 4) is 6.07 Å². The molecule has 0 spiro atoms. The van der Waals surface area contributed by atoms with E-state index in [9.17, 15) is 14.9 Å². The molecule has 0 aliphatic rings. The summed E-state index contributed by atoms with van der Waals surface area (Å²) in [7, 11) is 0. The SMILES string of the molecule is Cc1ccc(NC(=O)[C@H](C#N)C(=O)c2ccc(C(C)(C)C)cc2)cc1. The van der Waals surface area contributed by atoms with E-state index in [2.05, 4.69) is 26.1 Å². The van der Waals surface area contributed by atoms with Crippen molar-refractivity contribution in [3.63, 3.8) is 0 Å². The molecule has 0 radical (unpaired) electrons. The zero-order valence-corrected chi connectivity index (χ0v) is 15.0. The third-order valence-electron chi connectivity index (χ3n) is 4.01. The maximum Gasteiger partial charge on any atom is 0.249 e. The normalized spacial score (nSPS) is 12.1. The van der Waals surface area contributed by atoms with Gasteiger partial charge in [0.1, 0.15) is 0 Å². The van der Waals surface area contributed by atoms with E-state index in [1.807, 2.05) is 37.3 Å². The second-order valence-corrected chi connectivity index (χ2v) is 7.11. The smallest absolute Gasteiger partial charge is 0.249 e. The van der Waals surface area contributed by atoms with Gasteiger partial charge in [-0.15, -0.1) is 0 Å². The molecule has 1 amide bonds. The van der Waals surface area contributed by atoms with Gasteiger partial charge in [-0.1, -0.05) is 62.7 Å². The van der Waals surface area contributed by atoms with Crippen LogP contribution in [0.5, 0.6) is 0 Å². The lowest BCUT2D eigenvalue weighted by molar-refractivity contribution is -0.117. The molecule has 0 saturated heterocycles. The van der Waals surface area contributed by atoms with E-state index >= 15 is 0 Å². The van der Waals surface area contributed by atoms with Gasteiger partial charge in [-0.25, -0.2) is 0 Å². The largest absolute Gasteiger partial charge is 0.325 e. The lowest BCUT2D eigenvalue weighted by atomic mass is 9.86. The number of amides is 1. The molecular weight excluding hydrogens is 312 g/mol. The van der Waals surface area contributed by atoms with Crippen LogP contribution in [0.1, 0.15) is 42.3 Å². The number of nitriles is 1. The van der Waals surface area contributed by atoms with Crippen molar-refractivity contribution >= 4 is 17.4 Å². The lowest BCUT2D eigenvalue weighted by Crippen LogP contribution is -2.28. The fraction of sp³-hybridized carbons (Fsp3) is 0.286. The van der Waals surface area contributed by atoms with Crippen LogP contribution in [-0.2, 0) is 10.2 Å². The highest BCUT2D eigenvalue weighted by Gasteiger charge is 2.28. The average Bonchev–Trinajstić information content (AvgIpc) is 2.57. The molecule has 0 fully saturated rings. The number of carbonyl (C=O) groups is 2. The van der Waals surface area contributed by atoms with Gasteiger partial charge in [0, 0.05) is 11.3 Å². The summed E-state index contributed by atoms with van der Waals surface area (Å²) in [5.41, 5.74) is 3.04. The summed E-state index contributed by atoms with van der Waals surface area (Å²) in [5, 5.41) is 11.9. The van der Waals surface area contributed by atoms with E-state index in [4.69, 9.17) is 0 Å². The lowest BCUT2D eigenvalue weighted by Gasteiger charge is -2.19. The maximum absolute atomic E-state index is 12.5. The summed E-state index contributed by atoms with van der Waals surface area (Å²) in [6, 6.07) is 16.1. The molecular formula is C21H22N2O2. The third kappa shape index (κ3) is 4.54. The van der Waals surface area contributed by atoms with Gasteiger partial charge in [-0.3, -0.25) is 9.59 Å². The minimum absolute atomic E-state index is 0.0287. The van der Waals surface area contributed by atoms with Crippen LogP contribution in [0.25, 0.3) is 0 Å². The number of hydrogen-bond donors (Lipinski definition) is 1. The number of Topliss-reactive ketones (excluding diaryl/α,β-unsaturated/α-hetero) is 1. The van der Waals surface area contributed by atoms with Crippen LogP contribution in [-0.4, -0.2) is 11.7 Å². The summed E-state index contributed by atoms with van der Waals surface area (Å²) in [6.07, 6.45) is 0. The predicted octanol–water partition coefficient (Wildman–Crippen LogP) is 4.25. The molecule has 0 aliphatic heterocycles. The number of benzene rings is 2. The van der Waals surface area contributed by atoms with E-state index in [1.54, 1.807) is 24.3 Å². The molecule has 128 valence electrons. The Morgan fingerprint density at radius 2 is 1.56 bits per heavy atom. The third-order valence-corrected chi connectivity index (χ3v) is 4.01. The minimum atomic E-state index is -1.37. The van der Waals surface area contributed by atoms with Crippen molar-refractivity contribution in [2.45, 2.75) is 33.1 Å². The molecule has 0 bridgehead atoms. The number of nitrogens with zero attached hydrogens (tertiary/aromatic N) is 1. The highest BCUT2D eigenvalue weighted by atomic mass is 16.2. The highest BCUT2D eigenvalue weighted by Crippen LogP contribution is 2.23. The van der Waals surface area contributed by atoms with Gasteiger partial charge in [0.25, 0.3) is 0 Å². The molecule has 0 aliphatic carbocycles. The molecule has 0 aromatic heterocycles. The number of anilines is 1. The molecule has 0 unspecified atom stereocenters. The van der Waals surface area contributed by atoms with Crippen LogP contribution in [0.2, 0.25) is 0 Å². The Morgan fingerprint density at radius 3 is 2.04 bits per heavy atom. The number of carbonyl (C=O) groups excluding carboxylic acids is 2. The Hall–Kier alpha value is -2.93. The first-order valence-electron chi connectivity index (χ1n) is 8.14. The zero-order valence-electron chi connectivity index (χ0n) is 15.0. The van der Waals surface area contributed by atoms with E-state index in [-0.39, 0.29) is 5.41 Å². The first-order chi connectivity index (χ1) is 11.7. The molecule has 2 aromatic carbocycles. The summed E-state index contributed by atoms with van der Waals surface area (Å²) in [5.74, 6) is -2.48. The van der Waals surface area contributed by atoms with Crippen molar-refractivity contribution < 1.29 is 9.59 Å². The molecule has 4 nitrogen and oxygen atoms in total. The number of nitrogens with one attached hydrogen (secondary N) is 1. The molecule has 25 heavy (non-hydrogen) atoms. The van der Waals surface area contributed by atoms with E-state index in [0.29, 0.717) is 11.3 Å². The summed E-state index contributed by atoms with van der Waals surface area (Å²) >= 11 is 0. The number of aryl methyl sites for hydroxylation is 1. The summed E-state index contributed by atoms with van der Waals surface area (Å²) in [4.78, 5) is 24.9. The van der Waals surface area contributed by atoms with Crippen molar-refractivity contribution in [1.82, 2.24) is 0 Å². The van der Waals surface area contributed by atoms with E-state index < -0.39 is 17.6 Å². The Bertz CT molecular complexity index is 807. The van der Waals surface area contributed by atoms with Gasteiger partial charge in [0.15, 0.2) is 11.7 Å². The Balaban J connectivity index is 2.16. The van der Waals surface area contributed by atoms with Crippen molar-refractivity contribution in [1.29, 1.82) is 5.26 Å². The van der Waals surface area contributed by atoms with Gasteiger partial charge < -0.3 is 5.32 Å². The predicted molar refractivity (Wildman–Crippen MR) is 98.4 cm³/mol. The van der Waals surface area contributed by atoms with E-state index in [0.717, 1.165) is 11.1 Å². The number of rotatable bonds is 4. The summed E-state index contributed by atoms with van der Waals surface area (Å²) in [6.45, 7) is 8.18. The Morgan fingerprint density at radius 1 is 1.00 bits per heavy atom. The quantitative estimate of drug-likeness (QED) is 0.671. The van der Waals surface area contributed by atoms with Crippen molar-refractivity contribution in [3.05, 3.63) is 65.2 Å². The standard InChI is InChI=1S/C21H22N2O2/c1-14-5-11-17(12-6-14)23-20(25)18(13-22)19(24)15-7-9-16(10-8-15)21(2,3)4/h5-12,18H,1-4H3,(H,23,25)/t18-/m1/s1. The van der Waals surface area contributed by atoms with Gasteiger partial charge in [0.2, 0.25) is 5.91 Å². The second-order valence-electron chi connectivity index (χ2n) is 7.11. The van der Waals surface area contributed by atoms with Gasteiger partial charge in [-0.2, -0.15) is 5.26 Å². The minimum Gasteiger partial charge on any atom is -0.325 e. The Kier molecular flexibility index (Phi) is 5.38.